The minimum Gasteiger partial charge on any atom is -0.310 e. The zero-order valence-corrected chi connectivity index (χ0v) is 36.1. The monoisotopic (exact) mass is 800 g/mol. The molecule has 62 heavy (non-hydrogen) atoms. The Morgan fingerprint density at radius 1 is 0.306 bits per heavy atom. The maximum Gasteiger partial charge on any atom is 0.0468 e. The van der Waals surface area contributed by atoms with Crippen LogP contribution in [-0.2, 0) is 10.8 Å². The maximum atomic E-state index is 2.42. The van der Waals surface area contributed by atoms with E-state index >= 15 is 0 Å². The topological polar surface area (TPSA) is 6.48 Å². The van der Waals surface area contributed by atoms with Gasteiger partial charge in [-0.3, -0.25) is 0 Å². The summed E-state index contributed by atoms with van der Waals surface area (Å²) in [7, 11) is 0. The minimum atomic E-state index is 0.109. The quantitative estimate of drug-likeness (QED) is 0.143. The Balaban J connectivity index is 1.05. The molecule has 0 aliphatic heterocycles. The number of anilines is 6. The SMILES string of the molecule is CC1(C)CCC(C)(C)c2c(-c3ccc(N(c4ccc(-c5ccccc5)cc4)c4cccc(-c5cccc(N(c6ccccc6)c6ccc7ccccc7c6)c5)c4)cc3)cccc21. The third-order valence-electron chi connectivity index (χ3n) is 13.1. The van der Waals surface area contributed by atoms with Gasteiger partial charge in [0.15, 0.2) is 0 Å². The normalized spacial score (nSPS) is 13.9. The Bertz CT molecular complexity index is 3000. The van der Waals surface area contributed by atoms with Crippen molar-refractivity contribution in [3.05, 3.63) is 230 Å². The van der Waals surface area contributed by atoms with Crippen LogP contribution in [0.2, 0.25) is 0 Å². The molecule has 0 fully saturated rings. The predicted molar refractivity (Wildman–Crippen MR) is 265 cm³/mol. The molecule has 9 aromatic carbocycles. The van der Waals surface area contributed by atoms with Crippen molar-refractivity contribution in [2.45, 2.75) is 51.4 Å². The Labute approximate surface area is 367 Å². The molecule has 0 N–H and O–H groups in total. The van der Waals surface area contributed by atoms with Crippen molar-refractivity contribution < 1.29 is 0 Å². The number of benzene rings is 9. The molecular formula is C60H52N2. The highest BCUT2D eigenvalue weighted by atomic mass is 15.1. The second-order valence-corrected chi connectivity index (χ2v) is 18.1. The Hall–Kier alpha value is -7.16. The highest BCUT2D eigenvalue weighted by molar-refractivity contribution is 5.90. The standard InChI is InChI=1S/C60H52N2/c1-59(2)38-39-60(3,4)58-56(26-15-27-57(58)59)46-31-35-52(36-32-46)61(51-33-28-45(29-34-51)43-16-7-5-8-17-43)53-24-13-20-48(41-53)49-21-14-25-54(42-49)62(50-22-9-6-10-23-50)55-37-30-44-18-11-12-19-47(44)40-55/h5-37,40-42H,38-39H2,1-4H3. The van der Waals surface area contributed by atoms with E-state index in [-0.39, 0.29) is 10.8 Å². The zero-order chi connectivity index (χ0) is 42.3. The van der Waals surface area contributed by atoms with Gasteiger partial charge in [-0.25, -0.2) is 0 Å². The summed E-state index contributed by atoms with van der Waals surface area (Å²) in [5.41, 5.74) is 17.2. The summed E-state index contributed by atoms with van der Waals surface area (Å²) in [6.07, 6.45) is 2.38. The first-order chi connectivity index (χ1) is 30.2. The first-order valence-electron chi connectivity index (χ1n) is 22.0. The van der Waals surface area contributed by atoms with Crippen molar-refractivity contribution in [1.29, 1.82) is 0 Å². The van der Waals surface area contributed by atoms with Crippen molar-refractivity contribution in [2.24, 2.45) is 0 Å². The number of hydrogen-bond acceptors (Lipinski definition) is 2. The van der Waals surface area contributed by atoms with Crippen LogP contribution < -0.4 is 9.80 Å². The van der Waals surface area contributed by atoms with Gasteiger partial charge in [-0.15, -0.1) is 0 Å². The molecule has 2 nitrogen and oxygen atoms in total. The van der Waals surface area contributed by atoms with Crippen molar-refractivity contribution in [3.8, 4) is 33.4 Å². The van der Waals surface area contributed by atoms with Crippen LogP contribution in [0, 0.1) is 0 Å². The van der Waals surface area contributed by atoms with Crippen molar-refractivity contribution in [2.75, 3.05) is 9.80 Å². The summed E-state index contributed by atoms with van der Waals surface area (Å²) in [4.78, 5) is 4.75. The molecule has 0 atom stereocenters. The number of para-hydroxylation sites is 1. The molecule has 0 radical (unpaired) electrons. The Morgan fingerprint density at radius 2 is 0.742 bits per heavy atom. The summed E-state index contributed by atoms with van der Waals surface area (Å²) in [5.74, 6) is 0. The molecule has 0 saturated carbocycles. The van der Waals surface area contributed by atoms with Gasteiger partial charge in [-0.05, 0) is 152 Å². The number of fused-ring (bicyclic) bond motifs is 2. The van der Waals surface area contributed by atoms with Gasteiger partial charge in [0.25, 0.3) is 0 Å². The van der Waals surface area contributed by atoms with Gasteiger partial charge in [0.1, 0.15) is 0 Å². The molecule has 2 heteroatoms. The van der Waals surface area contributed by atoms with Gasteiger partial charge in [0.2, 0.25) is 0 Å². The molecule has 1 aliphatic carbocycles. The number of rotatable bonds is 9. The van der Waals surface area contributed by atoms with Gasteiger partial charge in [0, 0.05) is 34.1 Å². The van der Waals surface area contributed by atoms with Gasteiger partial charge < -0.3 is 9.80 Å². The molecule has 9 aromatic rings. The van der Waals surface area contributed by atoms with E-state index in [1.165, 1.54) is 57.0 Å². The molecule has 1 aliphatic rings. The van der Waals surface area contributed by atoms with Crippen molar-refractivity contribution >= 4 is 44.9 Å². The first-order valence-corrected chi connectivity index (χ1v) is 22.0. The lowest BCUT2D eigenvalue weighted by molar-refractivity contribution is 0.333. The average Bonchev–Trinajstić information content (AvgIpc) is 3.32. The van der Waals surface area contributed by atoms with E-state index in [2.05, 4.69) is 256 Å². The number of hydrogen-bond donors (Lipinski definition) is 0. The molecule has 0 aromatic heterocycles. The molecule has 10 rings (SSSR count). The van der Waals surface area contributed by atoms with Crippen LogP contribution in [0.1, 0.15) is 51.7 Å². The van der Waals surface area contributed by atoms with Crippen molar-refractivity contribution in [1.82, 2.24) is 0 Å². The summed E-state index contributed by atoms with van der Waals surface area (Å²) >= 11 is 0. The molecular weight excluding hydrogens is 749 g/mol. The fourth-order valence-corrected chi connectivity index (χ4v) is 9.63. The van der Waals surface area contributed by atoms with Crippen LogP contribution >= 0.6 is 0 Å². The Morgan fingerprint density at radius 3 is 1.39 bits per heavy atom. The second-order valence-electron chi connectivity index (χ2n) is 18.1. The molecule has 0 heterocycles. The smallest absolute Gasteiger partial charge is 0.0468 e. The van der Waals surface area contributed by atoms with Gasteiger partial charge >= 0.3 is 0 Å². The maximum absolute atomic E-state index is 2.42. The van der Waals surface area contributed by atoms with E-state index in [0.717, 1.165) is 45.3 Å². The van der Waals surface area contributed by atoms with Crippen LogP contribution in [0.3, 0.4) is 0 Å². The summed E-state index contributed by atoms with van der Waals surface area (Å²) in [5, 5.41) is 2.45. The van der Waals surface area contributed by atoms with E-state index < -0.39 is 0 Å². The molecule has 0 unspecified atom stereocenters. The molecule has 0 bridgehead atoms. The van der Waals surface area contributed by atoms with Crippen molar-refractivity contribution in [3.63, 3.8) is 0 Å². The van der Waals surface area contributed by atoms with Gasteiger partial charge in [-0.2, -0.15) is 0 Å². The zero-order valence-electron chi connectivity index (χ0n) is 36.1. The van der Waals surface area contributed by atoms with E-state index in [4.69, 9.17) is 0 Å². The van der Waals surface area contributed by atoms with Crippen LogP contribution in [0.4, 0.5) is 34.1 Å². The second kappa shape index (κ2) is 16.0. The van der Waals surface area contributed by atoms with Crippen LogP contribution in [0.5, 0.6) is 0 Å². The third-order valence-corrected chi connectivity index (χ3v) is 13.1. The fraction of sp³-hybridized carbons (Fsp3) is 0.133. The van der Waals surface area contributed by atoms with E-state index in [0.29, 0.717) is 0 Å². The van der Waals surface area contributed by atoms with Crippen LogP contribution in [0.15, 0.2) is 218 Å². The highest BCUT2D eigenvalue weighted by Gasteiger charge is 2.38. The minimum absolute atomic E-state index is 0.109. The van der Waals surface area contributed by atoms with Gasteiger partial charge in [0.05, 0.1) is 0 Å². The molecule has 0 saturated heterocycles. The van der Waals surface area contributed by atoms with E-state index in [1.54, 1.807) is 0 Å². The summed E-state index contributed by atoms with van der Waals surface area (Å²) in [6, 6.07) is 79.7. The van der Waals surface area contributed by atoms with Crippen LogP contribution in [0.25, 0.3) is 44.2 Å². The van der Waals surface area contributed by atoms with E-state index in [9.17, 15) is 0 Å². The predicted octanol–water partition coefficient (Wildman–Crippen LogP) is 17.1. The summed E-state index contributed by atoms with van der Waals surface area (Å²) < 4.78 is 0. The molecule has 0 spiro atoms. The van der Waals surface area contributed by atoms with Crippen LogP contribution in [-0.4, -0.2) is 0 Å². The number of nitrogens with zero attached hydrogens (tertiary/aromatic N) is 2. The average molecular weight is 801 g/mol. The fourth-order valence-electron chi connectivity index (χ4n) is 9.63. The highest BCUT2D eigenvalue weighted by Crippen LogP contribution is 2.50. The first kappa shape index (κ1) is 39.0. The van der Waals surface area contributed by atoms with Gasteiger partial charge in [-0.1, -0.05) is 173 Å². The molecule has 0 amide bonds. The third kappa shape index (κ3) is 7.47. The van der Waals surface area contributed by atoms with E-state index in [1.807, 2.05) is 0 Å². The lowest BCUT2D eigenvalue weighted by atomic mass is 9.61. The largest absolute Gasteiger partial charge is 0.310 e. The Kier molecular flexibility index (Phi) is 10.1. The lowest BCUT2D eigenvalue weighted by Gasteiger charge is -2.43. The summed E-state index contributed by atoms with van der Waals surface area (Å²) in [6.45, 7) is 9.66. The molecule has 302 valence electrons. The lowest BCUT2D eigenvalue weighted by Crippen LogP contribution is -2.34.